The molecule has 0 saturated carbocycles. The average molecular weight is 220 g/mol. The lowest BCUT2D eigenvalue weighted by Crippen LogP contribution is -2.10. The van der Waals surface area contributed by atoms with Gasteiger partial charge in [-0.15, -0.1) is 11.3 Å². The fourth-order valence-electron chi connectivity index (χ4n) is 1.68. The molecule has 0 radical (unpaired) electrons. The molecule has 78 valence electrons. The predicted octanol–water partition coefficient (Wildman–Crippen LogP) is 2.76. The fourth-order valence-corrected chi connectivity index (χ4v) is 2.50. The van der Waals surface area contributed by atoms with Crippen LogP contribution in [0.1, 0.15) is 34.9 Å². The molecule has 0 aliphatic rings. The van der Waals surface area contributed by atoms with E-state index in [4.69, 9.17) is 0 Å². The van der Waals surface area contributed by atoms with E-state index in [2.05, 4.69) is 11.9 Å². The highest BCUT2D eigenvalue weighted by Crippen LogP contribution is 2.24. The van der Waals surface area contributed by atoms with Crippen LogP contribution in [0.25, 0.3) is 0 Å². The first-order valence-electron chi connectivity index (χ1n) is 4.88. The molecule has 2 rings (SSSR count). The Morgan fingerprint density at radius 2 is 2.53 bits per heavy atom. The molecule has 0 N–H and O–H groups in total. The Labute approximate surface area is 92.4 Å². The van der Waals surface area contributed by atoms with Crippen LogP contribution in [0.15, 0.2) is 29.9 Å². The van der Waals surface area contributed by atoms with Crippen molar-refractivity contribution in [3.63, 3.8) is 0 Å². The third-order valence-corrected chi connectivity index (χ3v) is 3.27. The molecule has 4 heteroatoms. The van der Waals surface area contributed by atoms with Gasteiger partial charge >= 0.3 is 0 Å². The summed E-state index contributed by atoms with van der Waals surface area (Å²) in [7, 11) is 0. The zero-order chi connectivity index (χ0) is 10.7. The lowest BCUT2D eigenvalue weighted by atomic mass is 10.2. The molecule has 0 saturated heterocycles. The molecular weight excluding hydrogens is 208 g/mol. The van der Waals surface area contributed by atoms with Gasteiger partial charge in [-0.25, -0.2) is 4.98 Å². The van der Waals surface area contributed by atoms with Gasteiger partial charge in [0.1, 0.15) is 5.01 Å². The number of nitrogens with zero attached hydrogens (tertiary/aromatic N) is 2. The largest absolute Gasteiger partial charge is 0.335 e. The molecule has 2 aromatic rings. The summed E-state index contributed by atoms with van der Waals surface area (Å²) in [5, 5.41) is 3.01. The topological polar surface area (TPSA) is 34.9 Å². The molecule has 3 nitrogen and oxygen atoms in total. The van der Waals surface area contributed by atoms with Crippen LogP contribution in [0.4, 0.5) is 0 Å². The Balaban J connectivity index is 2.39. The Kier molecular flexibility index (Phi) is 2.97. The Hall–Kier alpha value is -1.42. The van der Waals surface area contributed by atoms with Crippen molar-refractivity contribution in [1.29, 1.82) is 0 Å². The molecule has 2 aromatic heterocycles. The summed E-state index contributed by atoms with van der Waals surface area (Å²) in [5.41, 5.74) is 0.706. The van der Waals surface area contributed by atoms with Crippen molar-refractivity contribution >= 4 is 17.6 Å². The van der Waals surface area contributed by atoms with E-state index in [9.17, 15) is 4.79 Å². The van der Waals surface area contributed by atoms with Gasteiger partial charge in [0.25, 0.3) is 0 Å². The summed E-state index contributed by atoms with van der Waals surface area (Å²) < 4.78 is 1.98. The van der Waals surface area contributed by atoms with Crippen molar-refractivity contribution in [3.05, 3.63) is 40.6 Å². The molecule has 0 aliphatic heterocycles. The first-order valence-corrected chi connectivity index (χ1v) is 5.76. The summed E-state index contributed by atoms with van der Waals surface area (Å²) in [6.07, 6.45) is 5.55. The third-order valence-electron chi connectivity index (χ3n) is 2.39. The second-order valence-electron chi connectivity index (χ2n) is 3.25. The number of rotatable bonds is 4. The van der Waals surface area contributed by atoms with Gasteiger partial charge in [-0.05, 0) is 18.6 Å². The molecule has 15 heavy (non-hydrogen) atoms. The number of carbonyl (C=O) groups is 1. The van der Waals surface area contributed by atoms with Crippen molar-refractivity contribution in [2.45, 2.75) is 19.4 Å². The van der Waals surface area contributed by atoms with Gasteiger partial charge in [0.15, 0.2) is 6.29 Å². The first-order chi connectivity index (χ1) is 7.36. The lowest BCUT2D eigenvalue weighted by molar-refractivity contribution is 0.111. The van der Waals surface area contributed by atoms with Gasteiger partial charge in [-0.2, -0.15) is 0 Å². The molecule has 0 aromatic carbocycles. The number of carbonyl (C=O) groups excluding carboxylic acids is 1. The Morgan fingerprint density at radius 1 is 1.67 bits per heavy atom. The van der Waals surface area contributed by atoms with Crippen molar-refractivity contribution < 1.29 is 4.79 Å². The fraction of sp³-hybridized carbons (Fsp3) is 0.273. The molecule has 2 heterocycles. The highest BCUT2D eigenvalue weighted by Gasteiger charge is 2.15. The van der Waals surface area contributed by atoms with E-state index in [1.165, 1.54) is 0 Å². The highest BCUT2D eigenvalue weighted by atomic mass is 32.1. The van der Waals surface area contributed by atoms with Crippen LogP contribution < -0.4 is 0 Å². The van der Waals surface area contributed by atoms with E-state index in [1.54, 1.807) is 17.5 Å². The lowest BCUT2D eigenvalue weighted by Gasteiger charge is -2.15. The molecule has 0 amide bonds. The zero-order valence-electron chi connectivity index (χ0n) is 8.46. The molecule has 1 unspecified atom stereocenters. The van der Waals surface area contributed by atoms with Crippen molar-refractivity contribution in [2.75, 3.05) is 0 Å². The number of thiazole rings is 1. The summed E-state index contributed by atoms with van der Waals surface area (Å²) in [5.74, 6) is 0. The summed E-state index contributed by atoms with van der Waals surface area (Å²) in [6, 6.07) is 3.89. The van der Waals surface area contributed by atoms with E-state index in [0.29, 0.717) is 5.69 Å². The van der Waals surface area contributed by atoms with Gasteiger partial charge in [0, 0.05) is 17.8 Å². The third kappa shape index (κ3) is 1.85. The normalized spacial score (nSPS) is 12.6. The van der Waals surface area contributed by atoms with Crippen LogP contribution in [-0.2, 0) is 0 Å². The van der Waals surface area contributed by atoms with E-state index in [1.807, 2.05) is 28.3 Å². The molecule has 1 atom stereocenters. The number of hydrogen-bond acceptors (Lipinski definition) is 3. The molecule has 0 fully saturated rings. The minimum atomic E-state index is 0.181. The number of aromatic nitrogens is 2. The van der Waals surface area contributed by atoms with Crippen LogP contribution in [0, 0.1) is 0 Å². The van der Waals surface area contributed by atoms with Crippen LogP contribution in [-0.4, -0.2) is 15.8 Å². The summed E-state index contributed by atoms with van der Waals surface area (Å²) in [6.45, 7) is 2.10. The van der Waals surface area contributed by atoms with Gasteiger partial charge in [0.05, 0.1) is 11.7 Å². The predicted molar refractivity (Wildman–Crippen MR) is 60.4 cm³/mol. The van der Waals surface area contributed by atoms with Crippen molar-refractivity contribution in [3.8, 4) is 0 Å². The van der Waals surface area contributed by atoms with Crippen molar-refractivity contribution in [2.24, 2.45) is 0 Å². The smallest absolute Gasteiger partial charge is 0.166 e. The van der Waals surface area contributed by atoms with Crippen LogP contribution in [0.2, 0.25) is 0 Å². The average Bonchev–Trinajstić information content (AvgIpc) is 2.89. The molecule has 0 bridgehead atoms. The van der Waals surface area contributed by atoms with E-state index in [0.717, 1.165) is 17.7 Å². The molecule has 0 aliphatic carbocycles. The van der Waals surface area contributed by atoms with Crippen LogP contribution >= 0.6 is 11.3 Å². The Bertz CT molecular complexity index is 433. The van der Waals surface area contributed by atoms with Gasteiger partial charge in [-0.3, -0.25) is 4.79 Å². The van der Waals surface area contributed by atoms with Gasteiger partial charge in [-0.1, -0.05) is 6.92 Å². The first kappa shape index (κ1) is 10.1. The SMILES string of the molecule is CCC(c1nccs1)n1cccc1C=O. The number of aldehydes is 1. The second kappa shape index (κ2) is 4.40. The van der Waals surface area contributed by atoms with E-state index in [-0.39, 0.29) is 6.04 Å². The van der Waals surface area contributed by atoms with E-state index < -0.39 is 0 Å². The Morgan fingerprint density at radius 3 is 3.13 bits per heavy atom. The van der Waals surface area contributed by atoms with Crippen LogP contribution in [0.5, 0.6) is 0 Å². The number of hydrogen-bond donors (Lipinski definition) is 0. The van der Waals surface area contributed by atoms with Crippen LogP contribution in [0.3, 0.4) is 0 Å². The maximum Gasteiger partial charge on any atom is 0.166 e. The maximum absolute atomic E-state index is 10.8. The summed E-state index contributed by atoms with van der Waals surface area (Å²) in [4.78, 5) is 15.1. The second-order valence-corrected chi connectivity index (χ2v) is 4.18. The highest BCUT2D eigenvalue weighted by molar-refractivity contribution is 7.09. The molecular formula is C11H12N2OS. The van der Waals surface area contributed by atoms with Gasteiger partial charge in [0.2, 0.25) is 0 Å². The quantitative estimate of drug-likeness (QED) is 0.742. The standard InChI is InChI=1S/C11H12N2OS/c1-2-10(11-12-5-7-15-11)13-6-3-4-9(13)8-14/h3-8,10H,2H2,1H3. The van der Waals surface area contributed by atoms with Crippen molar-refractivity contribution in [1.82, 2.24) is 9.55 Å². The van der Waals surface area contributed by atoms with Gasteiger partial charge < -0.3 is 4.57 Å². The minimum absolute atomic E-state index is 0.181. The maximum atomic E-state index is 10.8. The summed E-state index contributed by atoms with van der Waals surface area (Å²) >= 11 is 1.63. The minimum Gasteiger partial charge on any atom is -0.335 e. The monoisotopic (exact) mass is 220 g/mol. The molecule has 0 spiro atoms. The van der Waals surface area contributed by atoms with E-state index >= 15 is 0 Å². The zero-order valence-corrected chi connectivity index (χ0v) is 9.28.